The third-order valence-electron chi connectivity index (χ3n) is 4.48. The number of primary amides is 1. The van der Waals surface area contributed by atoms with Crippen molar-refractivity contribution in [3.05, 3.63) is 50.7 Å². The number of carboxylic acids is 1. The maximum atomic E-state index is 12.7. The number of fused-ring (bicyclic) bond motifs is 1. The van der Waals surface area contributed by atoms with Gasteiger partial charge in [0.15, 0.2) is 0 Å². The van der Waals surface area contributed by atoms with Crippen LogP contribution < -0.4 is 15.8 Å². The molecular weight excluding hydrogens is 437 g/mol. The lowest BCUT2D eigenvalue weighted by atomic mass is 9.94. The van der Waals surface area contributed by atoms with E-state index in [1.165, 1.54) is 11.3 Å². The Bertz CT molecular complexity index is 955. The molecule has 168 valence electrons. The minimum atomic E-state index is -5.08. The first kappa shape index (κ1) is 24.2. The topological polar surface area (TPSA) is 119 Å². The van der Waals surface area contributed by atoms with Gasteiger partial charge in [0.1, 0.15) is 10.6 Å². The summed E-state index contributed by atoms with van der Waals surface area (Å²) >= 11 is 1.37. The molecule has 2 aromatic rings. The Hall–Kier alpha value is -3.08. The molecule has 0 atom stereocenters. The van der Waals surface area contributed by atoms with E-state index in [2.05, 4.69) is 5.32 Å². The van der Waals surface area contributed by atoms with E-state index >= 15 is 0 Å². The quantitative estimate of drug-likeness (QED) is 0.635. The molecule has 11 heteroatoms. The summed E-state index contributed by atoms with van der Waals surface area (Å²) in [7, 11) is 1.61. The molecule has 4 N–H and O–H groups in total. The first-order valence-corrected chi connectivity index (χ1v) is 10.0. The first-order chi connectivity index (χ1) is 14.5. The number of rotatable bonds is 5. The maximum absolute atomic E-state index is 12.7. The van der Waals surface area contributed by atoms with Crippen LogP contribution in [0.25, 0.3) is 0 Å². The summed E-state index contributed by atoms with van der Waals surface area (Å²) in [5.74, 6) is -2.73. The fourth-order valence-electron chi connectivity index (χ4n) is 2.99. The number of carbonyl (C=O) groups is 3. The molecule has 0 unspecified atom stereocenters. The van der Waals surface area contributed by atoms with Crippen molar-refractivity contribution in [1.29, 1.82) is 0 Å². The molecule has 7 nitrogen and oxygen atoms in total. The van der Waals surface area contributed by atoms with Crippen LogP contribution in [0.15, 0.2) is 24.3 Å². The zero-order valence-electron chi connectivity index (χ0n) is 16.5. The van der Waals surface area contributed by atoms with Gasteiger partial charge in [-0.15, -0.1) is 11.3 Å². The Morgan fingerprint density at radius 1 is 1.16 bits per heavy atom. The van der Waals surface area contributed by atoms with E-state index in [-0.39, 0.29) is 5.91 Å². The second kappa shape index (κ2) is 10.3. The van der Waals surface area contributed by atoms with Gasteiger partial charge in [-0.05, 0) is 48.9 Å². The van der Waals surface area contributed by atoms with E-state index in [0.29, 0.717) is 17.0 Å². The minimum absolute atomic E-state index is 0.223. The lowest BCUT2D eigenvalue weighted by Gasteiger charge is -2.13. The summed E-state index contributed by atoms with van der Waals surface area (Å²) in [6.07, 6.45) is -1.18. The van der Waals surface area contributed by atoms with Crippen LogP contribution in [0.1, 0.15) is 48.9 Å². The van der Waals surface area contributed by atoms with E-state index in [1.807, 2.05) is 24.3 Å². The molecule has 3 rings (SSSR count). The van der Waals surface area contributed by atoms with Crippen molar-refractivity contribution in [3.63, 3.8) is 0 Å². The Morgan fingerprint density at radius 2 is 1.74 bits per heavy atom. The van der Waals surface area contributed by atoms with Crippen LogP contribution in [0.4, 0.5) is 13.2 Å². The van der Waals surface area contributed by atoms with Gasteiger partial charge < -0.3 is 20.9 Å². The molecule has 1 aliphatic rings. The van der Waals surface area contributed by atoms with E-state index in [4.69, 9.17) is 20.4 Å². The van der Waals surface area contributed by atoms with Crippen molar-refractivity contribution in [3.8, 4) is 5.75 Å². The second-order valence-electron chi connectivity index (χ2n) is 6.61. The zero-order valence-corrected chi connectivity index (χ0v) is 17.4. The molecule has 2 amide bonds. The SMILES string of the molecule is COc1ccc(CNC(=O)c2c(C(N)=O)sc3c2CCCC3)cc1.O=C(O)C(F)(F)F. The molecule has 31 heavy (non-hydrogen) atoms. The predicted molar refractivity (Wildman–Crippen MR) is 107 cm³/mol. The number of carbonyl (C=O) groups excluding carboxylic acids is 2. The average molecular weight is 458 g/mol. The molecule has 0 fully saturated rings. The van der Waals surface area contributed by atoms with Crippen molar-refractivity contribution in [2.24, 2.45) is 5.73 Å². The van der Waals surface area contributed by atoms with Crippen molar-refractivity contribution in [2.75, 3.05) is 7.11 Å². The van der Waals surface area contributed by atoms with Gasteiger partial charge >= 0.3 is 12.1 Å². The lowest BCUT2D eigenvalue weighted by molar-refractivity contribution is -0.192. The summed E-state index contributed by atoms with van der Waals surface area (Å²) in [4.78, 5) is 34.8. The molecule has 1 aromatic carbocycles. The number of hydrogen-bond donors (Lipinski definition) is 3. The molecule has 1 heterocycles. The van der Waals surface area contributed by atoms with E-state index in [0.717, 1.165) is 47.4 Å². The Morgan fingerprint density at radius 3 is 2.26 bits per heavy atom. The van der Waals surface area contributed by atoms with Gasteiger partial charge in [0.25, 0.3) is 11.8 Å². The number of ether oxygens (including phenoxy) is 1. The van der Waals surface area contributed by atoms with Gasteiger partial charge in [-0.2, -0.15) is 13.2 Å². The summed E-state index contributed by atoms with van der Waals surface area (Å²) in [5.41, 5.74) is 7.94. The van der Waals surface area contributed by atoms with Crippen LogP contribution in [0.5, 0.6) is 5.75 Å². The van der Waals surface area contributed by atoms with E-state index in [1.54, 1.807) is 7.11 Å². The number of amides is 2. The molecule has 1 aromatic heterocycles. The molecule has 0 aliphatic heterocycles. The number of nitrogens with two attached hydrogens (primary N) is 1. The van der Waals surface area contributed by atoms with E-state index < -0.39 is 18.1 Å². The molecule has 0 spiro atoms. The van der Waals surface area contributed by atoms with Crippen LogP contribution in [0, 0.1) is 0 Å². The number of carboxylic acid groups (broad SMARTS) is 1. The Balaban J connectivity index is 0.000000423. The average Bonchev–Trinajstić information content (AvgIpc) is 3.12. The largest absolute Gasteiger partial charge is 0.497 e. The summed E-state index contributed by atoms with van der Waals surface area (Å²) < 4.78 is 36.9. The highest BCUT2D eigenvalue weighted by atomic mass is 32.1. The number of aliphatic carboxylic acids is 1. The van der Waals surface area contributed by atoms with Crippen LogP contribution in [0.2, 0.25) is 0 Å². The number of benzene rings is 1. The zero-order chi connectivity index (χ0) is 23.2. The van der Waals surface area contributed by atoms with Gasteiger partial charge in [0.2, 0.25) is 0 Å². The molecule has 0 radical (unpaired) electrons. The summed E-state index contributed by atoms with van der Waals surface area (Å²) in [5, 5.41) is 10.0. The Labute approximate surface area is 180 Å². The molecule has 0 bridgehead atoms. The summed E-state index contributed by atoms with van der Waals surface area (Å²) in [6, 6.07) is 7.50. The second-order valence-corrected chi connectivity index (χ2v) is 7.72. The van der Waals surface area contributed by atoms with Gasteiger partial charge in [-0.3, -0.25) is 9.59 Å². The van der Waals surface area contributed by atoms with Crippen molar-refractivity contribution in [1.82, 2.24) is 5.32 Å². The fourth-order valence-corrected chi connectivity index (χ4v) is 4.23. The molecule has 0 saturated heterocycles. The molecule has 0 saturated carbocycles. The molecular formula is C20H21F3N2O5S. The minimum Gasteiger partial charge on any atom is -0.497 e. The van der Waals surface area contributed by atoms with Crippen LogP contribution in [0.3, 0.4) is 0 Å². The number of alkyl halides is 3. The normalized spacial score (nSPS) is 12.8. The number of halogens is 3. The predicted octanol–water partition coefficient (Wildman–Crippen LogP) is 3.30. The van der Waals surface area contributed by atoms with Crippen molar-refractivity contribution < 1.29 is 37.4 Å². The fraction of sp³-hybridized carbons (Fsp3) is 0.350. The van der Waals surface area contributed by atoms with Crippen molar-refractivity contribution >= 4 is 29.1 Å². The van der Waals surface area contributed by atoms with Gasteiger partial charge in [-0.25, -0.2) is 4.79 Å². The van der Waals surface area contributed by atoms with Gasteiger partial charge in [0, 0.05) is 11.4 Å². The van der Waals surface area contributed by atoms with Crippen molar-refractivity contribution in [2.45, 2.75) is 38.4 Å². The smallest absolute Gasteiger partial charge is 0.490 e. The van der Waals surface area contributed by atoms with Crippen LogP contribution in [-0.2, 0) is 24.2 Å². The van der Waals surface area contributed by atoms with Gasteiger partial charge in [-0.1, -0.05) is 12.1 Å². The number of hydrogen-bond acceptors (Lipinski definition) is 5. The number of thiophene rings is 1. The monoisotopic (exact) mass is 458 g/mol. The van der Waals surface area contributed by atoms with Gasteiger partial charge in [0.05, 0.1) is 12.7 Å². The lowest BCUT2D eigenvalue weighted by Crippen LogP contribution is -2.26. The number of aryl methyl sites for hydroxylation is 1. The third-order valence-corrected chi connectivity index (χ3v) is 5.78. The number of methoxy groups -OCH3 is 1. The standard InChI is InChI=1S/C18H20N2O3S.C2HF3O2/c1-23-12-8-6-11(7-9-12)10-20-18(22)15-13-4-2-3-5-14(13)24-16(15)17(19)21;3-2(4,5)1(6)7/h6-9H,2-5,10H2,1H3,(H2,19,21)(H,20,22);(H,6,7). The maximum Gasteiger partial charge on any atom is 0.490 e. The summed E-state index contributed by atoms with van der Waals surface area (Å²) in [6.45, 7) is 0.394. The first-order valence-electron chi connectivity index (χ1n) is 9.20. The van der Waals surface area contributed by atoms with Crippen LogP contribution >= 0.6 is 11.3 Å². The highest BCUT2D eigenvalue weighted by molar-refractivity contribution is 7.14. The molecule has 1 aliphatic carbocycles. The third kappa shape index (κ3) is 6.45. The number of nitrogens with one attached hydrogen (secondary N) is 1. The van der Waals surface area contributed by atoms with Crippen LogP contribution in [-0.4, -0.2) is 36.2 Å². The highest BCUT2D eigenvalue weighted by Gasteiger charge is 2.38. The van der Waals surface area contributed by atoms with E-state index in [9.17, 15) is 22.8 Å². The highest BCUT2D eigenvalue weighted by Crippen LogP contribution is 2.34. The Kier molecular flexibility index (Phi) is 8.03.